The van der Waals surface area contributed by atoms with E-state index in [2.05, 4.69) is 10.3 Å². The van der Waals surface area contributed by atoms with Gasteiger partial charge in [-0.3, -0.25) is 9.59 Å². The third-order valence-corrected chi connectivity index (χ3v) is 6.37. The molecule has 0 saturated carbocycles. The number of benzene rings is 2. The van der Waals surface area contributed by atoms with E-state index in [1.807, 2.05) is 30.3 Å². The van der Waals surface area contributed by atoms with Crippen LogP contribution in [0.1, 0.15) is 20.0 Å². The number of rotatable bonds is 6. The molecule has 0 saturated heterocycles. The number of carbonyl (C=O) groups excluding carboxylic acids is 3. The van der Waals surface area contributed by atoms with Gasteiger partial charge >= 0.3 is 5.97 Å². The number of esters is 1. The normalized spacial score (nSPS) is 10.7. The first-order valence-corrected chi connectivity index (χ1v) is 10.5. The number of anilines is 1. The molecule has 2 aromatic heterocycles. The van der Waals surface area contributed by atoms with Crippen molar-refractivity contribution in [3.05, 3.63) is 71.1 Å². The predicted octanol–water partition coefficient (Wildman–Crippen LogP) is 3.92. The molecule has 9 heteroatoms. The molecule has 0 spiro atoms. The van der Waals surface area contributed by atoms with E-state index in [0.717, 1.165) is 20.1 Å². The van der Waals surface area contributed by atoms with Gasteiger partial charge in [-0.2, -0.15) is 0 Å². The second-order valence-electron chi connectivity index (χ2n) is 6.22. The Balaban J connectivity index is 1.35. The summed E-state index contributed by atoms with van der Waals surface area (Å²) in [5.41, 5.74) is 6.89. The van der Waals surface area contributed by atoms with Crippen molar-refractivity contribution < 1.29 is 19.1 Å². The third-order valence-electron chi connectivity index (χ3n) is 4.10. The Morgan fingerprint density at radius 1 is 0.967 bits per heavy atom. The van der Waals surface area contributed by atoms with Gasteiger partial charge in [0.25, 0.3) is 5.91 Å². The SMILES string of the molecule is NC(=O)c1ccc(NC(=O)COC(=O)c2ccc(-c3nc4ccccc4s3)s2)cc1. The smallest absolute Gasteiger partial charge is 0.348 e. The van der Waals surface area contributed by atoms with Crippen LogP contribution in [0.3, 0.4) is 0 Å². The first-order valence-electron chi connectivity index (χ1n) is 8.82. The van der Waals surface area contributed by atoms with Gasteiger partial charge in [0.2, 0.25) is 5.91 Å². The lowest BCUT2D eigenvalue weighted by Gasteiger charge is -2.06. The second-order valence-corrected chi connectivity index (χ2v) is 8.33. The fourth-order valence-corrected chi connectivity index (χ4v) is 4.58. The molecule has 0 atom stereocenters. The minimum atomic E-state index is -0.577. The number of hydrogen-bond donors (Lipinski definition) is 2. The highest BCUT2D eigenvalue weighted by Crippen LogP contribution is 2.34. The van der Waals surface area contributed by atoms with Crippen LogP contribution in [0.5, 0.6) is 0 Å². The predicted molar refractivity (Wildman–Crippen MR) is 117 cm³/mol. The number of nitrogens with two attached hydrogens (primary N) is 1. The molecule has 0 aliphatic carbocycles. The van der Waals surface area contributed by atoms with Crippen LogP contribution in [0.25, 0.3) is 20.1 Å². The molecule has 7 nitrogen and oxygen atoms in total. The number of amides is 2. The second kappa shape index (κ2) is 8.44. The number of para-hydroxylation sites is 1. The number of thiophene rings is 1. The van der Waals surface area contributed by atoms with Crippen molar-refractivity contribution in [3.63, 3.8) is 0 Å². The van der Waals surface area contributed by atoms with Gasteiger partial charge in [-0.05, 0) is 48.5 Å². The van der Waals surface area contributed by atoms with Gasteiger partial charge in [-0.15, -0.1) is 22.7 Å². The molecule has 2 heterocycles. The van der Waals surface area contributed by atoms with Crippen LogP contribution in [0.2, 0.25) is 0 Å². The number of hydrogen-bond acceptors (Lipinski definition) is 7. The Hall–Kier alpha value is -3.56. The molecular formula is C21H15N3O4S2. The zero-order valence-electron chi connectivity index (χ0n) is 15.5. The molecule has 4 aromatic rings. The van der Waals surface area contributed by atoms with Crippen LogP contribution in [0.15, 0.2) is 60.7 Å². The summed E-state index contributed by atoms with van der Waals surface area (Å²) >= 11 is 2.82. The van der Waals surface area contributed by atoms with E-state index in [0.29, 0.717) is 16.1 Å². The van der Waals surface area contributed by atoms with Crippen LogP contribution in [-0.4, -0.2) is 29.4 Å². The Bertz CT molecular complexity index is 1210. The number of thiazole rings is 1. The van der Waals surface area contributed by atoms with Gasteiger partial charge in [0.05, 0.1) is 15.1 Å². The highest BCUT2D eigenvalue weighted by atomic mass is 32.1. The lowest BCUT2D eigenvalue weighted by Crippen LogP contribution is -2.20. The Labute approximate surface area is 179 Å². The highest BCUT2D eigenvalue weighted by molar-refractivity contribution is 7.26. The zero-order chi connectivity index (χ0) is 21.1. The molecule has 0 bridgehead atoms. The summed E-state index contributed by atoms with van der Waals surface area (Å²) in [6.07, 6.45) is 0. The number of primary amides is 1. The number of nitrogens with one attached hydrogen (secondary N) is 1. The van der Waals surface area contributed by atoms with Crippen molar-refractivity contribution in [1.82, 2.24) is 4.98 Å². The first-order chi connectivity index (χ1) is 14.5. The van der Waals surface area contributed by atoms with Crippen molar-refractivity contribution in [3.8, 4) is 9.88 Å². The van der Waals surface area contributed by atoms with E-state index >= 15 is 0 Å². The molecule has 0 unspecified atom stereocenters. The fraction of sp³-hybridized carbons (Fsp3) is 0.0476. The Kier molecular flexibility index (Phi) is 5.55. The Morgan fingerprint density at radius 3 is 2.47 bits per heavy atom. The number of aromatic nitrogens is 1. The number of nitrogens with zero attached hydrogens (tertiary/aromatic N) is 1. The summed E-state index contributed by atoms with van der Waals surface area (Å²) in [7, 11) is 0. The monoisotopic (exact) mass is 437 g/mol. The molecule has 2 aromatic carbocycles. The standard InChI is InChI=1S/C21H15N3O4S2/c22-19(26)12-5-7-13(8-6-12)23-18(25)11-28-21(27)17-10-9-16(29-17)20-24-14-3-1-2-4-15(14)30-20/h1-10H,11H2,(H2,22,26)(H,23,25). The van der Waals surface area contributed by atoms with Crippen LogP contribution in [0.4, 0.5) is 5.69 Å². The summed E-state index contributed by atoms with van der Waals surface area (Å²) in [6, 6.07) is 17.4. The first kappa shape index (κ1) is 19.7. The van der Waals surface area contributed by atoms with Gasteiger partial charge in [0.1, 0.15) is 9.88 Å². The molecular weight excluding hydrogens is 422 g/mol. The quantitative estimate of drug-likeness (QED) is 0.444. The van der Waals surface area contributed by atoms with Gasteiger partial charge in [-0.25, -0.2) is 9.78 Å². The number of ether oxygens (including phenoxy) is 1. The lowest BCUT2D eigenvalue weighted by atomic mass is 10.2. The fourth-order valence-electron chi connectivity index (χ4n) is 2.66. The largest absolute Gasteiger partial charge is 0.451 e. The molecule has 0 aliphatic heterocycles. The van der Waals surface area contributed by atoms with Crippen LogP contribution in [0, 0.1) is 0 Å². The van der Waals surface area contributed by atoms with Crippen molar-refractivity contribution in [2.24, 2.45) is 5.73 Å². The maximum atomic E-state index is 12.3. The Morgan fingerprint density at radius 2 is 1.73 bits per heavy atom. The van der Waals surface area contributed by atoms with Crippen LogP contribution >= 0.6 is 22.7 Å². The molecule has 3 N–H and O–H groups in total. The molecule has 0 aliphatic rings. The van der Waals surface area contributed by atoms with E-state index < -0.39 is 24.4 Å². The lowest BCUT2D eigenvalue weighted by molar-refractivity contribution is -0.119. The van der Waals surface area contributed by atoms with E-state index in [9.17, 15) is 14.4 Å². The maximum Gasteiger partial charge on any atom is 0.348 e. The van der Waals surface area contributed by atoms with Gasteiger partial charge in [0.15, 0.2) is 6.61 Å². The molecule has 150 valence electrons. The minimum absolute atomic E-state index is 0.334. The average molecular weight is 438 g/mol. The molecule has 2 amide bonds. The maximum absolute atomic E-state index is 12.3. The summed E-state index contributed by atoms with van der Waals surface area (Å²) in [5, 5.41) is 3.42. The van der Waals surface area contributed by atoms with Crippen LogP contribution in [-0.2, 0) is 9.53 Å². The summed E-state index contributed by atoms with van der Waals surface area (Å²) in [4.78, 5) is 41.2. The van der Waals surface area contributed by atoms with E-state index in [1.165, 1.54) is 23.5 Å². The number of carbonyl (C=O) groups is 3. The molecule has 30 heavy (non-hydrogen) atoms. The summed E-state index contributed by atoms with van der Waals surface area (Å²) in [5.74, 6) is -1.62. The van der Waals surface area contributed by atoms with Crippen molar-refractivity contribution in [1.29, 1.82) is 0 Å². The van der Waals surface area contributed by atoms with Crippen molar-refractivity contribution in [2.75, 3.05) is 11.9 Å². The molecule has 0 radical (unpaired) electrons. The van der Waals surface area contributed by atoms with Crippen molar-refractivity contribution in [2.45, 2.75) is 0 Å². The van der Waals surface area contributed by atoms with Crippen LogP contribution < -0.4 is 11.1 Å². The average Bonchev–Trinajstić information content (AvgIpc) is 3.39. The summed E-state index contributed by atoms with van der Waals surface area (Å²) in [6.45, 7) is -0.426. The van der Waals surface area contributed by atoms with E-state index in [4.69, 9.17) is 10.5 Å². The van der Waals surface area contributed by atoms with E-state index in [1.54, 1.807) is 29.5 Å². The summed E-state index contributed by atoms with van der Waals surface area (Å²) < 4.78 is 6.18. The molecule has 4 rings (SSSR count). The topological polar surface area (TPSA) is 111 Å². The highest BCUT2D eigenvalue weighted by Gasteiger charge is 2.15. The number of fused-ring (bicyclic) bond motifs is 1. The zero-order valence-corrected chi connectivity index (χ0v) is 17.1. The minimum Gasteiger partial charge on any atom is -0.451 e. The third kappa shape index (κ3) is 4.37. The van der Waals surface area contributed by atoms with Gasteiger partial charge in [0, 0.05) is 11.3 Å². The van der Waals surface area contributed by atoms with Gasteiger partial charge in [-0.1, -0.05) is 12.1 Å². The van der Waals surface area contributed by atoms with Crippen molar-refractivity contribution >= 4 is 56.4 Å². The van der Waals surface area contributed by atoms with Gasteiger partial charge < -0.3 is 15.8 Å². The van der Waals surface area contributed by atoms with E-state index in [-0.39, 0.29) is 0 Å². The molecule has 0 fully saturated rings.